The lowest BCUT2D eigenvalue weighted by Gasteiger charge is -2.18. The van der Waals surface area contributed by atoms with Gasteiger partial charge in [0.1, 0.15) is 22.6 Å². The molecule has 33 heavy (non-hydrogen) atoms. The predicted molar refractivity (Wildman–Crippen MR) is 90.8 cm³/mol. The van der Waals surface area contributed by atoms with E-state index < -0.39 is 81.1 Å². The van der Waals surface area contributed by atoms with Gasteiger partial charge in [-0.15, -0.1) is 0 Å². The van der Waals surface area contributed by atoms with Crippen molar-refractivity contribution in [1.82, 2.24) is 0 Å². The highest BCUT2D eigenvalue weighted by atomic mass is 19.4. The summed E-state index contributed by atoms with van der Waals surface area (Å²) in [6.07, 6.45) is -10.6. The van der Waals surface area contributed by atoms with E-state index in [0.29, 0.717) is 0 Å². The zero-order chi connectivity index (χ0) is 25.5. The number of alkyl halides is 6. The monoisotopic (exact) mass is 482 g/mol. The molecule has 0 spiro atoms. The first-order valence-electron chi connectivity index (χ1n) is 8.06. The fourth-order valence-electron chi connectivity index (χ4n) is 2.62. The molecule has 0 saturated carbocycles. The van der Waals surface area contributed by atoms with Crippen molar-refractivity contribution in [2.45, 2.75) is 12.4 Å². The second-order valence-corrected chi connectivity index (χ2v) is 6.11. The smallest absolute Gasteiger partial charge is 0.416 e. The number of carboxylic acid groups (broad SMARTS) is 4. The summed E-state index contributed by atoms with van der Waals surface area (Å²) in [5, 5.41) is 36.7. The van der Waals surface area contributed by atoms with Crippen molar-refractivity contribution < 1.29 is 70.7 Å². The number of ether oxygens (including phenoxy) is 1. The van der Waals surface area contributed by atoms with Gasteiger partial charge >= 0.3 is 36.2 Å². The normalized spacial score (nSPS) is 11.7. The largest absolute Gasteiger partial charge is 0.478 e. The molecule has 2 aromatic rings. The lowest BCUT2D eigenvalue weighted by molar-refractivity contribution is -0.138. The van der Waals surface area contributed by atoms with Gasteiger partial charge in [0.2, 0.25) is 0 Å². The van der Waals surface area contributed by atoms with Crippen molar-refractivity contribution >= 4 is 23.9 Å². The summed E-state index contributed by atoms with van der Waals surface area (Å²) >= 11 is 0. The van der Waals surface area contributed by atoms with Crippen molar-refractivity contribution in [3.63, 3.8) is 0 Å². The molecule has 2 aromatic carbocycles. The molecule has 9 nitrogen and oxygen atoms in total. The molecular weight excluding hydrogens is 474 g/mol. The molecule has 0 atom stereocenters. The number of carboxylic acids is 4. The molecule has 0 aliphatic rings. The Hall–Kier alpha value is -4.30. The summed E-state index contributed by atoms with van der Waals surface area (Å²) < 4.78 is 83.7. The molecule has 176 valence electrons. The summed E-state index contributed by atoms with van der Waals surface area (Å²) in [4.78, 5) is 45.6. The van der Waals surface area contributed by atoms with Gasteiger partial charge in [-0.25, -0.2) is 19.2 Å². The lowest BCUT2D eigenvalue weighted by atomic mass is 10.0. The van der Waals surface area contributed by atoms with Gasteiger partial charge in [0.25, 0.3) is 0 Å². The van der Waals surface area contributed by atoms with Crippen LogP contribution >= 0.6 is 0 Å². The second kappa shape index (κ2) is 8.33. The Morgan fingerprint density at radius 3 is 1.09 bits per heavy atom. The van der Waals surface area contributed by atoms with Gasteiger partial charge in [-0.05, 0) is 24.3 Å². The van der Waals surface area contributed by atoms with Gasteiger partial charge in [0, 0.05) is 0 Å². The maximum Gasteiger partial charge on any atom is 0.416 e. The van der Waals surface area contributed by atoms with Crippen molar-refractivity contribution in [2.24, 2.45) is 0 Å². The number of carbonyl (C=O) groups is 4. The van der Waals surface area contributed by atoms with E-state index in [9.17, 15) is 55.7 Å². The van der Waals surface area contributed by atoms with Crippen LogP contribution in [0.25, 0.3) is 0 Å². The van der Waals surface area contributed by atoms with Gasteiger partial charge in [0.15, 0.2) is 0 Å². The molecule has 0 fully saturated rings. The number of aromatic carboxylic acids is 4. The van der Waals surface area contributed by atoms with Gasteiger partial charge in [-0.2, -0.15) is 26.3 Å². The molecule has 0 aromatic heterocycles. The number of rotatable bonds is 6. The highest BCUT2D eigenvalue weighted by molar-refractivity contribution is 6.05. The fourth-order valence-corrected chi connectivity index (χ4v) is 2.62. The van der Waals surface area contributed by atoms with Crippen LogP contribution in [0.3, 0.4) is 0 Å². The molecule has 0 aliphatic carbocycles. The third-order valence-corrected chi connectivity index (χ3v) is 3.97. The minimum atomic E-state index is -5.28. The van der Waals surface area contributed by atoms with Crippen LogP contribution in [0.15, 0.2) is 24.3 Å². The van der Waals surface area contributed by atoms with Crippen LogP contribution in [-0.2, 0) is 12.4 Å². The summed E-state index contributed by atoms with van der Waals surface area (Å²) in [6, 6.07) is -0.318. The first kappa shape index (κ1) is 25.0. The Labute approximate surface area is 177 Å². The zero-order valence-corrected chi connectivity index (χ0v) is 15.4. The fraction of sp³-hybridized carbons (Fsp3) is 0.111. The average Bonchev–Trinajstić information content (AvgIpc) is 2.64. The number of halogens is 6. The Morgan fingerprint density at radius 2 is 0.879 bits per heavy atom. The molecule has 0 heterocycles. The predicted octanol–water partition coefficient (Wildman–Crippen LogP) is 4.31. The molecule has 2 rings (SSSR count). The average molecular weight is 482 g/mol. The Balaban J connectivity index is 2.96. The lowest BCUT2D eigenvalue weighted by Crippen LogP contribution is -2.16. The van der Waals surface area contributed by atoms with Gasteiger partial charge in [-0.1, -0.05) is 0 Å². The van der Waals surface area contributed by atoms with Crippen LogP contribution in [0.4, 0.5) is 26.3 Å². The maximum atomic E-state index is 13.2. The summed E-state index contributed by atoms with van der Waals surface area (Å²) in [5.41, 5.74) is -9.45. The third kappa shape index (κ3) is 5.13. The van der Waals surface area contributed by atoms with Crippen molar-refractivity contribution in [3.05, 3.63) is 57.6 Å². The van der Waals surface area contributed by atoms with E-state index in [-0.39, 0.29) is 24.3 Å². The molecule has 0 saturated heterocycles. The van der Waals surface area contributed by atoms with Crippen molar-refractivity contribution in [1.29, 1.82) is 0 Å². The number of hydrogen-bond donors (Lipinski definition) is 4. The van der Waals surface area contributed by atoms with Crippen molar-refractivity contribution in [2.75, 3.05) is 0 Å². The molecule has 0 amide bonds. The number of benzene rings is 2. The third-order valence-electron chi connectivity index (χ3n) is 3.97. The summed E-state index contributed by atoms with van der Waals surface area (Å²) in [7, 11) is 0. The molecular formula is C18H8F6O9. The first-order valence-corrected chi connectivity index (χ1v) is 8.06. The quantitative estimate of drug-likeness (QED) is 0.440. The summed E-state index contributed by atoms with van der Waals surface area (Å²) in [5.74, 6) is -11.7. The van der Waals surface area contributed by atoms with E-state index in [1.54, 1.807) is 0 Å². The summed E-state index contributed by atoms with van der Waals surface area (Å²) in [6.45, 7) is 0. The van der Waals surface area contributed by atoms with Crippen LogP contribution < -0.4 is 4.74 Å². The minimum absolute atomic E-state index is 0.0778. The molecule has 15 heteroatoms. The Morgan fingerprint density at radius 1 is 0.576 bits per heavy atom. The second-order valence-electron chi connectivity index (χ2n) is 6.11. The standard InChI is InChI=1S/C18H8F6O9/c19-17(20,21)5-1-7(13(25)26)11(15(29)30)9(3-5)33-10-4-6(18(22,23)24)2-8(14(27)28)12(10)16(31)32/h1-4H,(H,25,26)(H,27,28)(H,29,30)(H,31,32). The van der Waals surface area contributed by atoms with Gasteiger partial charge in [-0.3, -0.25) is 0 Å². The van der Waals surface area contributed by atoms with Crippen LogP contribution in [-0.4, -0.2) is 44.3 Å². The molecule has 0 bridgehead atoms. The van der Waals surface area contributed by atoms with E-state index in [2.05, 4.69) is 0 Å². The molecule has 0 unspecified atom stereocenters. The van der Waals surface area contributed by atoms with E-state index in [1.807, 2.05) is 0 Å². The highest BCUT2D eigenvalue weighted by Gasteiger charge is 2.37. The SMILES string of the molecule is O=C(O)c1cc(C(F)(F)F)cc(Oc2cc(C(F)(F)F)cc(C(=O)O)c2C(=O)O)c1C(=O)O. The molecule has 0 aliphatic heterocycles. The minimum Gasteiger partial charge on any atom is -0.478 e. The van der Waals surface area contributed by atoms with Crippen LogP contribution in [0.1, 0.15) is 52.6 Å². The van der Waals surface area contributed by atoms with E-state index in [4.69, 9.17) is 14.9 Å². The molecule has 0 radical (unpaired) electrons. The Kier molecular flexibility index (Phi) is 6.30. The van der Waals surface area contributed by atoms with Gasteiger partial charge in [0.05, 0.1) is 22.3 Å². The van der Waals surface area contributed by atoms with Crippen molar-refractivity contribution in [3.8, 4) is 11.5 Å². The topological polar surface area (TPSA) is 158 Å². The first-order chi connectivity index (χ1) is 14.9. The van der Waals surface area contributed by atoms with Crippen LogP contribution in [0.2, 0.25) is 0 Å². The zero-order valence-electron chi connectivity index (χ0n) is 15.4. The molecule has 4 N–H and O–H groups in total. The van der Waals surface area contributed by atoms with E-state index in [0.717, 1.165) is 0 Å². The van der Waals surface area contributed by atoms with E-state index in [1.165, 1.54) is 0 Å². The van der Waals surface area contributed by atoms with Gasteiger partial charge < -0.3 is 25.2 Å². The van der Waals surface area contributed by atoms with E-state index >= 15 is 0 Å². The van der Waals surface area contributed by atoms with Crippen LogP contribution in [0, 0.1) is 0 Å². The maximum absolute atomic E-state index is 13.2. The van der Waals surface area contributed by atoms with Crippen LogP contribution in [0.5, 0.6) is 11.5 Å². The number of hydrogen-bond acceptors (Lipinski definition) is 5. The Bertz CT molecular complexity index is 1090. The highest BCUT2D eigenvalue weighted by Crippen LogP contribution is 2.40.